The molecule has 3 heterocycles. The SMILES string of the molecule is CCN(CC)CCN1C(=O)c2cc3occc3n2CC1(C)C(=O)NC1CCCCC1. The molecule has 1 N–H and O–H groups in total. The van der Waals surface area contributed by atoms with Gasteiger partial charge in [-0.15, -0.1) is 0 Å². The molecule has 1 saturated carbocycles. The summed E-state index contributed by atoms with van der Waals surface area (Å²) < 4.78 is 7.49. The second kappa shape index (κ2) is 8.46. The molecular weight excluding hydrogens is 380 g/mol. The summed E-state index contributed by atoms with van der Waals surface area (Å²) in [5, 5.41) is 3.28. The van der Waals surface area contributed by atoms with Gasteiger partial charge < -0.3 is 24.1 Å². The summed E-state index contributed by atoms with van der Waals surface area (Å²) in [5.41, 5.74) is 1.24. The summed E-state index contributed by atoms with van der Waals surface area (Å²) in [7, 11) is 0. The van der Waals surface area contributed by atoms with Crippen LogP contribution in [0.4, 0.5) is 0 Å². The lowest BCUT2D eigenvalue weighted by Crippen LogP contribution is -2.65. The number of aromatic nitrogens is 1. The van der Waals surface area contributed by atoms with Crippen molar-refractivity contribution in [3.63, 3.8) is 0 Å². The number of fused-ring (bicyclic) bond motifs is 3. The van der Waals surface area contributed by atoms with Crippen LogP contribution < -0.4 is 5.32 Å². The minimum atomic E-state index is -0.933. The number of nitrogens with zero attached hydrogens (tertiary/aromatic N) is 3. The number of amides is 2. The van der Waals surface area contributed by atoms with Crippen LogP contribution in [0.25, 0.3) is 11.1 Å². The van der Waals surface area contributed by atoms with E-state index in [4.69, 9.17) is 4.42 Å². The smallest absolute Gasteiger partial charge is 0.271 e. The van der Waals surface area contributed by atoms with Crippen LogP contribution in [-0.2, 0) is 11.3 Å². The van der Waals surface area contributed by atoms with E-state index in [1.807, 2.05) is 17.6 Å². The lowest BCUT2D eigenvalue weighted by molar-refractivity contribution is -0.133. The van der Waals surface area contributed by atoms with E-state index in [2.05, 4.69) is 24.1 Å². The Morgan fingerprint density at radius 2 is 2.00 bits per heavy atom. The lowest BCUT2D eigenvalue weighted by atomic mass is 9.91. The van der Waals surface area contributed by atoms with E-state index in [9.17, 15) is 9.59 Å². The zero-order chi connectivity index (χ0) is 21.3. The Morgan fingerprint density at radius 1 is 1.27 bits per heavy atom. The van der Waals surface area contributed by atoms with Crippen LogP contribution in [0.15, 0.2) is 22.8 Å². The first-order chi connectivity index (χ1) is 14.5. The number of hydrogen-bond donors (Lipinski definition) is 1. The van der Waals surface area contributed by atoms with Crippen molar-refractivity contribution in [3.8, 4) is 0 Å². The molecule has 1 unspecified atom stereocenters. The minimum Gasteiger partial charge on any atom is -0.463 e. The van der Waals surface area contributed by atoms with Crippen LogP contribution in [0.3, 0.4) is 0 Å². The van der Waals surface area contributed by atoms with Gasteiger partial charge in [0.25, 0.3) is 5.91 Å². The van der Waals surface area contributed by atoms with E-state index < -0.39 is 5.54 Å². The second-order valence-corrected chi connectivity index (χ2v) is 8.85. The third-order valence-corrected chi connectivity index (χ3v) is 7.01. The van der Waals surface area contributed by atoms with Gasteiger partial charge in [0, 0.05) is 31.3 Å². The summed E-state index contributed by atoms with van der Waals surface area (Å²) in [4.78, 5) is 31.2. The first-order valence-electron chi connectivity index (χ1n) is 11.4. The quantitative estimate of drug-likeness (QED) is 0.755. The topological polar surface area (TPSA) is 70.7 Å². The number of hydrogen-bond acceptors (Lipinski definition) is 4. The molecule has 1 aliphatic carbocycles. The van der Waals surface area contributed by atoms with Crippen molar-refractivity contribution in [1.29, 1.82) is 0 Å². The fraction of sp³-hybridized carbons (Fsp3) is 0.652. The Hall–Kier alpha value is -2.28. The summed E-state index contributed by atoms with van der Waals surface area (Å²) in [6, 6.07) is 3.89. The number of carbonyl (C=O) groups is 2. The molecule has 164 valence electrons. The van der Waals surface area contributed by atoms with Crippen molar-refractivity contribution < 1.29 is 14.0 Å². The minimum absolute atomic E-state index is 0.0432. The fourth-order valence-electron chi connectivity index (χ4n) is 4.99. The molecule has 7 heteroatoms. The lowest BCUT2D eigenvalue weighted by Gasteiger charge is -2.45. The van der Waals surface area contributed by atoms with Crippen LogP contribution in [0, 0.1) is 0 Å². The molecule has 2 aliphatic rings. The van der Waals surface area contributed by atoms with Crippen LogP contribution in [0.1, 0.15) is 63.4 Å². The van der Waals surface area contributed by atoms with Crippen molar-refractivity contribution >= 4 is 22.9 Å². The van der Waals surface area contributed by atoms with Crippen LogP contribution >= 0.6 is 0 Å². The maximum absolute atomic E-state index is 13.6. The third kappa shape index (κ3) is 3.64. The van der Waals surface area contributed by atoms with Crippen molar-refractivity contribution in [2.75, 3.05) is 26.2 Å². The Bertz CT molecular complexity index is 907. The first-order valence-corrected chi connectivity index (χ1v) is 11.4. The summed E-state index contributed by atoms with van der Waals surface area (Å²) in [5.74, 6) is -0.139. The zero-order valence-corrected chi connectivity index (χ0v) is 18.4. The highest BCUT2D eigenvalue weighted by Gasteiger charge is 2.48. The zero-order valence-electron chi connectivity index (χ0n) is 18.4. The first kappa shape index (κ1) is 21.0. The Labute approximate surface area is 178 Å². The van der Waals surface area contributed by atoms with Crippen molar-refractivity contribution in [1.82, 2.24) is 19.7 Å². The number of nitrogens with one attached hydrogen (secondary N) is 1. The molecule has 0 radical (unpaired) electrons. The highest BCUT2D eigenvalue weighted by molar-refractivity contribution is 6.02. The Kier molecular flexibility index (Phi) is 5.91. The maximum atomic E-state index is 13.6. The third-order valence-electron chi connectivity index (χ3n) is 7.01. The van der Waals surface area contributed by atoms with Gasteiger partial charge in [-0.05, 0) is 32.9 Å². The molecule has 0 spiro atoms. The molecule has 2 aromatic heterocycles. The molecule has 0 saturated heterocycles. The Balaban J connectivity index is 1.65. The largest absolute Gasteiger partial charge is 0.463 e. The van der Waals surface area contributed by atoms with Gasteiger partial charge in [0.05, 0.1) is 18.3 Å². The second-order valence-electron chi connectivity index (χ2n) is 8.85. The summed E-state index contributed by atoms with van der Waals surface area (Å²) in [6.07, 6.45) is 7.23. The number of rotatable bonds is 7. The summed E-state index contributed by atoms with van der Waals surface area (Å²) >= 11 is 0. The van der Waals surface area contributed by atoms with Gasteiger partial charge in [0.15, 0.2) is 5.58 Å². The van der Waals surface area contributed by atoms with Crippen molar-refractivity contribution in [2.45, 2.75) is 71.0 Å². The molecule has 2 aromatic rings. The Morgan fingerprint density at radius 3 is 2.70 bits per heavy atom. The van der Waals surface area contributed by atoms with Crippen molar-refractivity contribution in [3.05, 3.63) is 24.1 Å². The monoisotopic (exact) mass is 414 g/mol. The average molecular weight is 415 g/mol. The number of carbonyl (C=O) groups excluding carboxylic acids is 2. The fourth-order valence-corrected chi connectivity index (χ4v) is 4.99. The predicted octanol–water partition coefficient (Wildman–Crippen LogP) is 3.24. The van der Waals surface area contributed by atoms with Gasteiger partial charge in [-0.1, -0.05) is 33.1 Å². The van der Waals surface area contributed by atoms with Gasteiger partial charge >= 0.3 is 0 Å². The van der Waals surface area contributed by atoms with E-state index >= 15 is 0 Å². The standard InChI is InChI=1S/C23H34N4O3/c1-4-25(5-2)12-13-27-21(28)19-15-20-18(11-14-30-20)26(19)16-23(27,3)22(29)24-17-9-7-6-8-10-17/h11,14-15,17H,4-10,12-13,16H2,1-3H3,(H,24,29). The molecule has 30 heavy (non-hydrogen) atoms. The van der Waals surface area contributed by atoms with Crippen LogP contribution in [0.2, 0.25) is 0 Å². The van der Waals surface area contributed by atoms with Gasteiger partial charge in [-0.3, -0.25) is 9.59 Å². The molecule has 4 rings (SSSR count). The molecule has 1 atom stereocenters. The molecule has 1 fully saturated rings. The molecule has 7 nitrogen and oxygen atoms in total. The molecule has 0 bridgehead atoms. The molecular formula is C23H34N4O3. The van der Waals surface area contributed by atoms with Crippen LogP contribution in [0.5, 0.6) is 0 Å². The molecule has 1 aliphatic heterocycles. The molecule has 0 aromatic carbocycles. The predicted molar refractivity (Wildman–Crippen MR) is 116 cm³/mol. The van der Waals surface area contributed by atoms with Gasteiger partial charge in [0.2, 0.25) is 5.91 Å². The van der Waals surface area contributed by atoms with Crippen LogP contribution in [-0.4, -0.2) is 63.9 Å². The summed E-state index contributed by atoms with van der Waals surface area (Å²) in [6.45, 7) is 9.73. The van der Waals surface area contributed by atoms with Gasteiger partial charge in [-0.2, -0.15) is 0 Å². The number of furan rings is 1. The maximum Gasteiger partial charge on any atom is 0.271 e. The van der Waals surface area contributed by atoms with E-state index in [1.165, 1.54) is 6.42 Å². The molecule has 2 amide bonds. The number of likely N-dealkylation sites (N-methyl/N-ethyl adjacent to an activating group) is 1. The van der Waals surface area contributed by atoms with E-state index in [0.717, 1.165) is 50.8 Å². The normalized spacial score (nSPS) is 22.7. The van der Waals surface area contributed by atoms with E-state index in [0.29, 0.717) is 24.4 Å². The van der Waals surface area contributed by atoms with E-state index in [-0.39, 0.29) is 17.9 Å². The van der Waals surface area contributed by atoms with E-state index in [1.54, 1.807) is 17.2 Å². The highest BCUT2D eigenvalue weighted by Crippen LogP contribution is 2.33. The van der Waals surface area contributed by atoms with Crippen molar-refractivity contribution in [2.24, 2.45) is 0 Å². The van der Waals surface area contributed by atoms with Gasteiger partial charge in [0.1, 0.15) is 11.2 Å². The average Bonchev–Trinajstić information content (AvgIpc) is 3.34. The van der Waals surface area contributed by atoms with Gasteiger partial charge in [-0.25, -0.2) is 0 Å². The highest BCUT2D eigenvalue weighted by atomic mass is 16.3.